The average Bonchev–Trinajstić information content (AvgIpc) is 2.12. The van der Waals surface area contributed by atoms with Crippen LogP contribution in [0.5, 0.6) is 0 Å². The predicted octanol–water partition coefficient (Wildman–Crippen LogP) is 2.28. The summed E-state index contributed by atoms with van der Waals surface area (Å²) in [5, 5.41) is 17.2. The molecule has 0 spiro atoms. The SMILES string of the molecule is N#CC(O)c1cc(F)c(Br)c(F)c1. The number of aliphatic hydroxyl groups is 1. The van der Waals surface area contributed by atoms with Crippen LogP contribution in [-0.4, -0.2) is 5.11 Å². The van der Waals surface area contributed by atoms with Crippen molar-refractivity contribution in [1.82, 2.24) is 0 Å². The molecule has 1 unspecified atom stereocenters. The van der Waals surface area contributed by atoms with Crippen molar-refractivity contribution in [2.24, 2.45) is 0 Å². The van der Waals surface area contributed by atoms with E-state index in [1.807, 2.05) is 0 Å². The highest BCUT2D eigenvalue weighted by atomic mass is 79.9. The number of nitriles is 1. The molecule has 0 aliphatic carbocycles. The maximum Gasteiger partial charge on any atom is 0.166 e. The average molecular weight is 248 g/mol. The molecule has 0 saturated heterocycles. The van der Waals surface area contributed by atoms with Crippen LogP contribution in [0.1, 0.15) is 11.7 Å². The van der Waals surface area contributed by atoms with E-state index in [9.17, 15) is 8.78 Å². The third-order valence-electron chi connectivity index (χ3n) is 1.44. The van der Waals surface area contributed by atoms with Crippen LogP contribution in [0.3, 0.4) is 0 Å². The van der Waals surface area contributed by atoms with Gasteiger partial charge in [-0.3, -0.25) is 0 Å². The van der Waals surface area contributed by atoms with Gasteiger partial charge in [0, 0.05) is 5.56 Å². The normalized spacial score (nSPS) is 12.2. The highest BCUT2D eigenvalue weighted by Gasteiger charge is 2.13. The van der Waals surface area contributed by atoms with Crippen molar-refractivity contribution in [3.05, 3.63) is 33.8 Å². The summed E-state index contributed by atoms with van der Waals surface area (Å²) in [6.45, 7) is 0. The summed E-state index contributed by atoms with van der Waals surface area (Å²) in [4.78, 5) is 0. The van der Waals surface area contributed by atoms with Crippen molar-refractivity contribution >= 4 is 15.9 Å². The highest BCUT2D eigenvalue weighted by molar-refractivity contribution is 9.10. The van der Waals surface area contributed by atoms with E-state index in [0.717, 1.165) is 12.1 Å². The second kappa shape index (κ2) is 3.81. The molecule has 2 nitrogen and oxygen atoms in total. The quantitative estimate of drug-likeness (QED) is 0.612. The lowest BCUT2D eigenvalue weighted by Gasteiger charge is -2.03. The Morgan fingerprint density at radius 1 is 1.38 bits per heavy atom. The first-order valence-corrected chi connectivity index (χ1v) is 4.07. The van der Waals surface area contributed by atoms with E-state index in [2.05, 4.69) is 15.9 Å². The van der Waals surface area contributed by atoms with Crippen LogP contribution >= 0.6 is 15.9 Å². The number of halogens is 3. The smallest absolute Gasteiger partial charge is 0.166 e. The van der Waals surface area contributed by atoms with Crippen molar-refractivity contribution in [2.45, 2.75) is 6.10 Å². The largest absolute Gasteiger partial charge is 0.374 e. The molecule has 1 rings (SSSR count). The van der Waals surface area contributed by atoms with E-state index in [1.165, 1.54) is 6.07 Å². The topological polar surface area (TPSA) is 44.0 Å². The molecule has 5 heteroatoms. The van der Waals surface area contributed by atoms with Gasteiger partial charge in [-0.1, -0.05) is 0 Å². The first kappa shape index (κ1) is 10.1. The van der Waals surface area contributed by atoms with E-state index < -0.39 is 17.7 Å². The Bertz CT molecular complexity index is 352. The first-order chi connectivity index (χ1) is 6.06. The third kappa shape index (κ3) is 2.02. The molecular weight excluding hydrogens is 244 g/mol. The van der Waals surface area contributed by atoms with E-state index in [1.54, 1.807) is 0 Å². The predicted molar refractivity (Wildman–Crippen MR) is 44.6 cm³/mol. The Morgan fingerprint density at radius 3 is 2.23 bits per heavy atom. The highest BCUT2D eigenvalue weighted by Crippen LogP contribution is 2.23. The minimum Gasteiger partial charge on any atom is -0.374 e. The fraction of sp³-hybridized carbons (Fsp3) is 0.125. The van der Waals surface area contributed by atoms with Gasteiger partial charge in [0.2, 0.25) is 0 Å². The van der Waals surface area contributed by atoms with Gasteiger partial charge in [0.15, 0.2) is 6.10 Å². The molecule has 0 saturated carbocycles. The van der Waals surface area contributed by atoms with Gasteiger partial charge in [0.25, 0.3) is 0 Å². The van der Waals surface area contributed by atoms with Crippen LogP contribution in [0.2, 0.25) is 0 Å². The van der Waals surface area contributed by atoms with E-state index in [4.69, 9.17) is 10.4 Å². The summed E-state index contributed by atoms with van der Waals surface area (Å²) in [5.74, 6) is -1.69. The van der Waals surface area contributed by atoms with Crippen molar-refractivity contribution in [1.29, 1.82) is 5.26 Å². The van der Waals surface area contributed by atoms with Crippen LogP contribution in [0.15, 0.2) is 16.6 Å². The molecule has 0 aliphatic rings. The van der Waals surface area contributed by atoms with Gasteiger partial charge in [-0.2, -0.15) is 5.26 Å². The molecule has 0 heterocycles. The van der Waals surface area contributed by atoms with E-state index >= 15 is 0 Å². The van der Waals surface area contributed by atoms with Crippen LogP contribution in [0.25, 0.3) is 0 Å². The van der Waals surface area contributed by atoms with Crippen molar-refractivity contribution < 1.29 is 13.9 Å². The first-order valence-electron chi connectivity index (χ1n) is 3.28. The summed E-state index contributed by atoms with van der Waals surface area (Å²) in [6.07, 6.45) is -1.50. The molecule has 68 valence electrons. The number of aliphatic hydroxyl groups excluding tert-OH is 1. The van der Waals surface area contributed by atoms with Gasteiger partial charge in [0.1, 0.15) is 11.6 Å². The standard InChI is InChI=1S/C8H4BrF2NO/c9-8-5(10)1-4(2-6(8)11)7(13)3-12/h1-2,7,13H. The molecule has 0 aliphatic heterocycles. The molecule has 1 aromatic carbocycles. The summed E-state index contributed by atoms with van der Waals surface area (Å²) < 4.78 is 25.4. The van der Waals surface area contributed by atoms with Crippen molar-refractivity contribution in [3.8, 4) is 6.07 Å². The zero-order valence-electron chi connectivity index (χ0n) is 6.26. The Hall–Kier alpha value is -0.990. The van der Waals surface area contributed by atoms with E-state index in [0.29, 0.717) is 0 Å². The van der Waals surface area contributed by atoms with Gasteiger partial charge < -0.3 is 5.11 Å². The third-order valence-corrected chi connectivity index (χ3v) is 2.20. The fourth-order valence-corrected chi connectivity index (χ4v) is 1.04. The van der Waals surface area contributed by atoms with Gasteiger partial charge in [-0.25, -0.2) is 8.78 Å². The molecule has 1 aromatic rings. The van der Waals surface area contributed by atoms with Crippen LogP contribution in [-0.2, 0) is 0 Å². The zero-order valence-corrected chi connectivity index (χ0v) is 7.85. The van der Waals surface area contributed by atoms with Crippen LogP contribution in [0.4, 0.5) is 8.78 Å². The van der Waals surface area contributed by atoms with Gasteiger partial charge in [-0.15, -0.1) is 0 Å². The molecule has 0 radical (unpaired) electrons. The van der Waals surface area contributed by atoms with Crippen LogP contribution in [0, 0.1) is 23.0 Å². The Kier molecular flexibility index (Phi) is 2.96. The summed E-state index contributed by atoms with van der Waals surface area (Å²) in [7, 11) is 0. The van der Waals surface area contributed by atoms with Crippen LogP contribution < -0.4 is 0 Å². The minimum absolute atomic E-state index is 0.0966. The zero-order chi connectivity index (χ0) is 10.0. The maximum atomic E-state index is 12.8. The summed E-state index contributed by atoms with van der Waals surface area (Å²) in [5.41, 5.74) is -0.0966. The summed E-state index contributed by atoms with van der Waals surface area (Å²) >= 11 is 2.67. The van der Waals surface area contributed by atoms with E-state index in [-0.39, 0.29) is 10.0 Å². The molecule has 0 fully saturated rings. The minimum atomic E-state index is -1.50. The molecule has 0 amide bonds. The number of hydrogen-bond acceptors (Lipinski definition) is 2. The lowest BCUT2D eigenvalue weighted by atomic mass is 10.1. The Balaban J connectivity index is 3.22. The molecule has 0 aromatic heterocycles. The molecule has 0 bridgehead atoms. The molecule has 1 atom stereocenters. The second-order valence-electron chi connectivity index (χ2n) is 2.33. The molecule has 13 heavy (non-hydrogen) atoms. The Labute approximate surface area is 81.5 Å². The van der Waals surface area contributed by atoms with Gasteiger partial charge >= 0.3 is 0 Å². The number of nitrogens with zero attached hydrogens (tertiary/aromatic N) is 1. The van der Waals surface area contributed by atoms with Crippen molar-refractivity contribution in [3.63, 3.8) is 0 Å². The monoisotopic (exact) mass is 247 g/mol. The number of rotatable bonds is 1. The number of benzene rings is 1. The molecule has 1 N–H and O–H groups in total. The number of hydrogen-bond donors (Lipinski definition) is 1. The van der Waals surface area contributed by atoms with Crippen molar-refractivity contribution in [2.75, 3.05) is 0 Å². The Morgan fingerprint density at radius 2 is 1.85 bits per heavy atom. The lowest BCUT2D eigenvalue weighted by Crippen LogP contribution is -1.96. The second-order valence-corrected chi connectivity index (χ2v) is 3.12. The maximum absolute atomic E-state index is 12.8. The lowest BCUT2D eigenvalue weighted by molar-refractivity contribution is 0.234. The summed E-state index contributed by atoms with van der Waals surface area (Å²) in [6, 6.07) is 3.27. The van der Waals surface area contributed by atoms with Gasteiger partial charge in [-0.05, 0) is 28.1 Å². The molecular formula is C8H4BrF2NO. The van der Waals surface area contributed by atoms with Gasteiger partial charge in [0.05, 0.1) is 10.5 Å². The fourth-order valence-electron chi connectivity index (χ4n) is 0.808.